The molecule has 4 rings (SSSR count). The topological polar surface area (TPSA) is 30.5 Å². The molecule has 0 spiro atoms. The van der Waals surface area contributed by atoms with Crippen molar-refractivity contribution in [2.75, 3.05) is 20.2 Å². The van der Waals surface area contributed by atoms with Crippen molar-refractivity contribution >= 4 is 0 Å². The van der Waals surface area contributed by atoms with Crippen molar-refractivity contribution in [3.8, 4) is 11.5 Å². The van der Waals surface area contributed by atoms with E-state index in [1.807, 2.05) is 18.2 Å². The molecule has 138 valence electrons. The zero-order valence-corrected chi connectivity index (χ0v) is 15.7. The zero-order valence-electron chi connectivity index (χ0n) is 15.7. The number of nitrogens with one attached hydrogen (secondary N) is 1. The molecule has 0 saturated heterocycles. The van der Waals surface area contributed by atoms with E-state index in [9.17, 15) is 0 Å². The van der Waals surface area contributed by atoms with Gasteiger partial charge in [-0.15, -0.1) is 0 Å². The molecule has 1 heterocycles. The van der Waals surface area contributed by atoms with E-state index >= 15 is 0 Å². The fourth-order valence-electron chi connectivity index (χ4n) is 3.73. The van der Waals surface area contributed by atoms with Crippen molar-refractivity contribution in [3.63, 3.8) is 0 Å². The molecule has 0 radical (unpaired) electrons. The summed E-state index contributed by atoms with van der Waals surface area (Å²) in [6.07, 6.45) is 0.994. The van der Waals surface area contributed by atoms with Crippen molar-refractivity contribution in [2.24, 2.45) is 0 Å². The fraction of sp³-hybridized carbons (Fsp3) is 0.250. The van der Waals surface area contributed by atoms with Crippen LogP contribution in [0.2, 0.25) is 0 Å². The Morgan fingerprint density at radius 3 is 2.41 bits per heavy atom. The minimum atomic E-state index is 0.314. The number of rotatable bonds is 5. The van der Waals surface area contributed by atoms with Crippen LogP contribution in [-0.4, -0.2) is 20.2 Å². The average Bonchev–Trinajstić information content (AvgIpc) is 2.94. The normalized spacial score (nSPS) is 16.3. The Hall–Kier alpha value is -2.78. The largest absolute Gasteiger partial charge is 0.493 e. The summed E-state index contributed by atoms with van der Waals surface area (Å²) in [7, 11) is 1.71. The molecule has 0 saturated carbocycles. The van der Waals surface area contributed by atoms with Crippen LogP contribution in [0.1, 0.15) is 28.2 Å². The molecule has 27 heavy (non-hydrogen) atoms. The summed E-state index contributed by atoms with van der Waals surface area (Å²) in [4.78, 5) is 0. The van der Waals surface area contributed by atoms with Gasteiger partial charge < -0.3 is 14.8 Å². The number of hydrogen-bond donors (Lipinski definition) is 1. The quantitative estimate of drug-likeness (QED) is 0.725. The second kappa shape index (κ2) is 8.28. The molecule has 1 aliphatic heterocycles. The van der Waals surface area contributed by atoms with Crippen LogP contribution in [0.5, 0.6) is 11.5 Å². The summed E-state index contributed by atoms with van der Waals surface area (Å²) >= 11 is 0. The number of methoxy groups -OCH3 is 1. The highest BCUT2D eigenvalue weighted by Gasteiger charge is 2.23. The number of benzene rings is 3. The lowest BCUT2D eigenvalue weighted by Gasteiger charge is -2.21. The van der Waals surface area contributed by atoms with Gasteiger partial charge in [0.15, 0.2) is 11.5 Å². The Balaban J connectivity index is 1.69. The maximum atomic E-state index is 6.16. The van der Waals surface area contributed by atoms with Crippen LogP contribution < -0.4 is 14.8 Å². The SMILES string of the molecule is COc1cc2c(cc1OCc1ccccc1)[C@@H](c1ccccc1)CNCC2. The van der Waals surface area contributed by atoms with E-state index in [0.717, 1.165) is 36.6 Å². The average molecular weight is 359 g/mol. The highest BCUT2D eigenvalue weighted by Crippen LogP contribution is 2.37. The van der Waals surface area contributed by atoms with Crippen LogP contribution in [0.3, 0.4) is 0 Å². The Bertz CT molecular complexity index is 878. The summed E-state index contributed by atoms with van der Waals surface area (Å²) in [5.41, 5.74) is 5.14. The van der Waals surface area contributed by atoms with E-state index in [-0.39, 0.29) is 0 Å². The Labute approximate surface area is 161 Å². The minimum Gasteiger partial charge on any atom is -0.493 e. The maximum Gasteiger partial charge on any atom is 0.161 e. The third-order valence-corrected chi connectivity index (χ3v) is 5.16. The summed E-state index contributed by atoms with van der Waals surface area (Å²) < 4.78 is 11.8. The number of fused-ring (bicyclic) bond motifs is 1. The molecular formula is C24H25NO2. The van der Waals surface area contributed by atoms with Crippen LogP contribution in [0.4, 0.5) is 0 Å². The molecule has 1 aliphatic rings. The van der Waals surface area contributed by atoms with Gasteiger partial charge in [0.2, 0.25) is 0 Å². The van der Waals surface area contributed by atoms with E-state index in [4.69, 9.17) is 9.47 Å². The molecule has 3 aromatic carbocycles. The molecule has 3 nitrogen and oxygen atoms in total. The molecule has 0 aromatic heterocycles. The van der Waals surface area contributed by atoms with E-state index in [1.54, 1.807) is 7.11 Å². The molecule has 0 amide bonds. The first-order valence-electron chi connectivity index (χ1n) is 9.48. The second-order valence-electron chi connectivity index (χ2n) is 6.89. The first-order chi connectivity index (χ1) is 13.3. The van der Waals surface area contributed by atoms with Crippen molar-refractivity contribution in [2.45, 2.75) is 18.9 Å². The minimum absolute atomic E-state index is 0.314. The highest BCUT2D eigenvalue weighted by atomic mass is 16.5. The van der Waals surface area contributed by atoms with Crippen LogP contribution >= 0.6 is 0 Å². The van der Waals surface area contributed by atoms with E-state index in [1.165, 1.54) is 16.7 Å². The van der Waals surface area contributed by atoms with Gasteiger partial charge in [0.05, 0.1) is 7.11 Å². The highest BCUT2D eigenvalue weighted by molar-refractivity contribution is 5.51. The van der Waals surface area contributed by atoms with Gasteiger partial charge in [-0.1, -0.05) is 60.7 Å². The third-order valence-electron chi connectivity index (χ3n) is 5.16. The van der Waals surface area contributed by atoms with Gasteiger partial charge in [-0.25, -0.2) is 0 Å². The molecule has 1 N–H and O–H groups in total. The molecule has 3 heteroatoms. The fourth-order valence-corrected chi connectivity index (χ4v) is 3.73. The van der Waals surface area contributed by atoms with E-state index < -0.39 is 0 Å². The van der Waals surface area contributed by atoms with Gasteiger partial charge in [-0.2, -0.15) is 0 Å². The van der Waals surface area contributed by atoms with Gasteiger partial charge in [-0.05, 0) is 47.4 Å². The molecule has 1 atom stereocenters. The molecule has 0 bridgehead atoms. The number of hydrogen-bond acceptors (Lipinski definition) is 3. The Morgan fingerprint density at radius 1 is 0.926 bits per heavy atom. The van der Waals surface area contributed by atoms with Gasteiger partial charge in [0.25, 0.3) is 0 Å². The van der Waals surface area contributed by atoms with Gasteiger partial charge in [-0.3, -0.25) is 0 Å². The van der Waals surface area contributed by atoms with Crippen LogP contribution in [0.25, 0.3) is 0 Å². The Kier molecular flexibility index (Phi) is 5.40. The smallest absolute Gasteiger partial charge is 0.161 e. The lowest BCUT2D eigenvalue weighted by Crippen LogP contribution is -2.20. The summed E-state index contributed by atoms with van der Waals surface area (Å²) in [5.74, 6) is 1.93. The van der Waals surface area contributed by atoms with E-state index in [2.05, 4.69) is 59.9 Å². The zero-order chi connectivity index (χ0) is 18.5. The van der Waals surface area contributed by atoms with E-state index in [0.29, 0.717) is 12.5 Å². The van der Waals surface area contributed by atoms with Crippen molar-refractivity contribution in [3.05, 3.63) is 95.1 Å². The number of ether oxygens (including phenoxy) is 2. The molecular weight excluding hydrogens is 334 g/mol. The third kappa shape index (κ3) is 3.99. The van der Waals surface area contributed by atoms with Crippen molar-refractivity contribution in [1.29, 1.82) is 0 Å². The summed E-state index contributed by atoms with van der Waals surface area (Å²) in [5, 5.41) is 3.58. The summed E-state index contributed by atoms with van der Waals surface area (Å²) in [6.45, 7) is 2.44. The molecule has 0 fully saturated rings. The van der Waals surface area contributed by atoms with Crippen LogP contribution in [-0.2, 0) is 13.0 Å². The van der Waals surface area contributed by atoms with Crippen LogP contribution in [0, 0.1) is 0 Å². The first-order valence-corrected chi connectivity index (χ1v) is 9.48. The second-order valence-corrected chi connectivity index (χ2v) is 6.89. The molecule has 0 aliphatic carbocycles. The van der Waals surface area contributed by atoms with Crippen LogP contribution in [0.15, 0.2) is 72.8 Å². The predicted octanol–water partition coefficient (Wildman–Crippen LogP) is 4.55. The Morgan fingerprint density at radius 2 is 1.67 bits per heavy atom. The lowest BCUT2D eigenvalue weighted by atomic mass is 9.88. The van der Waals surface area contributed by atoms with Crippen molar-refractivity contribution < 1.29 is 9.47 Å². The standard InChI is InChI=1S/C24H25NO2/c1-26-23-14-20-12-13-25-16-22(19-10-6-3-7-11-19)21(20)15-24(23)27-17-18-8-4-2-5-9-18/h2-11,14-15,22,25H,12-13,16-17H2,1H3/t22-/m1/s1. The monoisotopic (exact) mass is 359 g/mol. The maximum absolute atomic E-state index is 6.16. The first kappa shape index (κ1) is 17.6. The van der Waals surface area contributed by atoms with Gasteiger partial charge in [0, 0.05) is 12.5 Å². The predicted molar refractivity (Wildman–Crippen MR) is 109 cm³/mol. The van der Waals surface area contributed by atoms with Gasteiger partial charge >= 0.3 is 0 Å². The summed E-state index contributed by atoms with van der Waals surface area (Å²) in [6, 6.07) is 25.3. The molecule has 3 aromatic rings. The molecule has 0 unspecified atom stereocenters. The van der Waals surface area contributed by atoms with Gasteiger partial charge in [0.1, 0.15) is 6.61 Å². The van der Waals surface area contributed by atoms with Crippen molar-refractivity contribution in [1.82, 2.24) is 5.32 Å². The lowest BCUT2D eigenvalue weighted by molar-refractivity contribution is 0.284.